The molecule has 0 N–H and O–H groups in total. The molecule has 0 atom stereocenters. The smallest absolute Gasteiger partial charge is 0.198 e. The maximum Gasteiger partial charge on any atom is 0.198 e. The first-order valence-corrected chi connectivity index (χ1v) is 3.04. The van der Waals surface area contributed by atoms with E-state index in [9.17, 15) is 0 Å². The highest BCUT2D eigenvalue weighted by Gasteiger charge is 2.18. The first-order valence-electron chi connectivity index (χ1n) is 3.04. The zero-order valence-corrected chi connectivity index (χ0v) is 5.52. The average Bonchev–Trinajstić information content (AvgIpc) is 2.50. The van der Waals surface area contributed by atoms with Gasteiger partial charge in [0.25, 0.3) is 0 Å². The minimum Gasteiger partial charge on any atom is -0.237 e. The molecule has 2 aliphatic heterocycles. The van der Waals surface area contributed by atoms with Gasteiger partial charge in [0.1, 0.15) is 18.1 Å². The molecule has 0 saturated heterocycles. The van der Waals surface area contributed by atoms with Crippen LogP contribution in [-0.2, 0) is 0 Å². The van der Waals surface area contributed by atoms with Crippen molar-refractivity contribution in [2.24, 2.45) is 20.2 Å². The van der Waals surface area contributed by atoms with Crippen molar-refractivity contribution < 1.29 is 0 Å². The number of hydrogen-bond acceptors (Lipinski definition) is 5. The van der Waals surface area contributed by atoms with Crippen LogP contribution >= 0.6 is 0 Å². The van der Waals surface area contributed by atoms with Crippen molar-refractivity contribution in [1.82, 2.24) is 0 Å². The summed E-state index contributed by atoms with van der Waals surface area (Å²) < 4.78 is 0. The third kappa shape index (κ3) is 0.846. The molecule has 0 spiro atoms. The fraction of sp³-hybridized carbons (Fsp3) is 0.167. The van der Waals surface area contributed by atoms with Crippen LogP contribution in [0, 0.1) is 11.3 Å². The van der Waals surface area contributed by atoms with E-state index in [-0.39, 0.29) is 0 Å². The Hall–Kier alpha value is -1.83. The van der Waals surface area contributed by atoms with E-state index >= 15 is 0 Å². The molecular weight excluding hydrogens is 142 g/mol. The second-order valence-electron chi connectivity index (χ2n) is 2.08. The van der Waals surface area contributed by atoms with Crippen LogP contribution in [0.3, 0.4) is 0 Å². The van der Waals surface area contributed by atoms with E-state index in [2.05, 4.69) is 20.2 Å². The predicted molar refractivity (Wildman–Crippen MR) is 41.0 cm³/mol. The van der Waals surface area contributed by atoms with Gasteiger partial charge in [0.2, 0.25) is 0 Å². The Morgan fingerprint density at radius 3 is 3.18 bits per heavy atom. The molecule has 0 aromatic heterocycles. The fourth-order valence-corrected chi connectivity index (χ4v) is 0.857. The van der Waals surface area contributed by atoms with Gasteiger partial charge in [0, 0.05) is 6.42 Å². The Labute approximate surface area is 62.5 Å². The monoisotopic (exact) mass is 145 g/mol. The van der Waals surface area contributed by atoms with E-state index in [1.165, 1.54) is 6.34 Å². The first kappa shape index (κ1) is 5.92. The van der Waals surface area contributed by atoms with Crippen molar-refractivity contribution in [3.05, 3.63) is 0 Å². The molecule has 5 nitrogen and oxygen atoms in total. The first-order chi connectivity index (χ1) is 5.40. The molecule has 0 unspecified atom stereocenters. The minimum atomic E-state index is 0.387. The summed E-state index contributed by atoms with van der Waals surface area (Å²) in [4.78, 5) is 7.75. The molecule has 0 saturated carbocycles. The highest BCUT2D eigenvalue weighted by atomic mass is 15.3. The molecule has 0 aromatic carbocycles. The van der Waals surface area contributed by atoms with Crippen molar-refractivity contribution in [2.75, 3.05) is 0 Å². The molecule has 2 aliphatic rings. The summed E-state index contributed by atoms with van der Waals surface area (Å²) in [7, 11) is 0. The maximum atomic E-state index is 8.47. The number of hydrogen-bond donors (Lipinski definition) is 0. The molecule has 0 aliphatic carbocycles. The number of fused-ring (bicyclic) bond motifs is 1. The van der Waals surface area contributed by atoms with Crippen molar-refractivity contribution in [2.45, 2.75) is 6.42 Å². The summed E-state index contributed by atoms with van der Waals surface area (Å²) in [6.45, 7) is 0. The average molecular weight is 145 g/mol. The quantitative estimate of drug-likeness (QED) is 0.478. The van der Waals surface area contributed by atoms with E-state index < -0.39 is 0 Å². The lowest BCUT2D eigenvalue weighted by molar-refractivity contribution is 1.20. The van der Waals surface area contributed by atoms with Crippen LogP contribution in [-0.4, -0.2) is 23.6 Å². The van der Waals surface area contributed by atoms with Gasteiger partial charge in [-0.1, -0.05) is 0 Å². The third-order valence-electron chi connectivity index (χ3n) is 1.38. The molecule has 11 heavy (non-hydrogen) atoms. The SMILES string of the molecule is N#CC1=NN=C2N=CN=C2C1. The molecule has 0 bridgehead atoms. The molecule has 0 fully saturated rings. The van der Waals surface area contributed by atoms with Gasteiger partial charge in [0.05, 0.1) is 5.71 Å². The Balaban J connectivity index is 2.39. The maximum absolute atomic E-state index is 8.47. The summed E-state index contributed by atoms with van der Waals surface area (Å²) in [6.07, 6.45) is 1.87. The van der Waals surface area contributed by atoms with Crippen LogP contribution < -0.4 is 0 Å². The number of nitrogens with zero attached hydrogens (tertiary/aromatic N) is 5. The van der Waals surface area contributed by atoms with Crippen molar-refractivity contribution >= 4 is 23.6 Å². The van der Waals surface area contributed by atoms with Gasteiger partial charge >= 0.3 is 0 Å². The van der Waals surface area contributed by atoms with Crippen LogP contribution in [0.25, 0.3) is 0 Å². The highest BCUT2D eigenvalue weighted by molar-refractivity contribution is 6.50. The summed E-state index contributed by atoms with van der Waals surface area (Å²) in [5.74, 6) is 0.531. The van der Waals surface area contributed by atoms with Gasteiger partial charge in [-0.2, -0.15) is 5.26 Å². The van der Waals surface area contributed by atoms with E-state index in [1.54, 1.807) is 0 Å². The van der Waals surface area contributed by atoms with Crippen LogP contribution in [0.2, 0.25) is 0 Å². The Bertz CT molecular complexity index is 352. The molecule has 0 radical (unpaired) electrons. The van der Waals surface area contributed by atoms with E-state index in [4.69, 9.17) is 5.26 Å². The van der Waals surface area contributed by atoms with Crippen LogP contribution in [0.1, 0.15) is 6.42 Å². The minimum absolute atomic E-state index is 0.387. The standard InChI is InChI=1S/C6H3N5/c7-2-4-1-5-6(11-10-4)9-3-8-5/h3H,1H2. The van der Waals surface area contributed by atoms with Crippen molar-refractivity contribution in [1.29, 1.82) is 5.26 Å². The normalized spacial score (nSPS) is 19.7. The number of rotatable bonds is 0. The molecule has 0 aromatic rings. The van der Waals surface area contributed by atoms with Crippen LogP contribution in [0.15, 0.2) is 20.2 Å². The van der Waals surface area contributed by atoms with E-state index in [0.29, 0.717) is 18.0 Å². The number of amidine groups is 1. The lowest BCUT2D eigenvalue weighted by Gasteiger charge is -2.01. The summed E-state index contributed by atoms with van der Waals surface area (Å²) in [6, 6.07) is 1.92. The van der Waals surface area contributed by atoms with E-state index in [1.807, 2.05) is 6.07 Å². The summed E-state index contributed by atoms with van der Waals surface area (Å²) >= 11 is 0. The zero-order chi connectivity index (χ0) is 7.68. The van der Waals surface area contributed by atoms with Gasteiger partial charge in [-0.3, -0.25) is 0 Å². The fourth-order valence-electron chi connectivity index (χ4n) is 0.857. The van der Waals surface area contributed by atoms with Gasteiger partial charge in [-0.15, -0.1) is 10.2 Å². The number of aliphatic imine (C=N–C) groups is 2. The third-order valence-corrected chi connectivity index (χ3v) is 1.38. The van der Waals surface area contributed by atoms with Gasteiger partial charge in [0.15, 0.2) is 5.84 Å². The van der Waals surface area contributed by atoms with Gasteiger partial charge in [-0.25, -0.2) is 9.98 Å². The molecule has 52 valence electrons. The highest BCUT2D eigenvalue weighted by Crippen LogP contribution is 2.06. The molecular formula is C6H3N5. The largest absolute Gasteiger partial charge is 0.237 e. The summed E-state index contributed by atoms with van der Waals surface area (Å²) in [5, 5.41) is 15.8. The predicted octanol–water partition coefficient (Wildman–Crippen LogP) is 0.151. The topological polar surface area (TPSA) is 73.2 Å². The second-order valence-corrected chi connectivity index (χ2v) is 2.08. The van der Waals surface area contributed by atoms with Gasteiger partial charge in [-0.05, 0) is 0 Å². The Morgan fingerprint density at radius 2 is 2.36 bits per heavy atom. The zero-order valence-electron chi connectivity index (χ0n) is 5.52. The molecule has 2 heterocycles. The second kappa shape index (κ2) is 2.09. The lowest BCUT2D eigenvalue weighted by Crippen LogP contribution is -2.16. The van der Waals surface area contributed by atoms with Crippen LogP contribution in [0.5, 0.6) is 0 Å². The molecule has 5 heteroatoms. The van der Waals surface area contributed by atoms with Gasteiger partial charge < -0.3 is 0 Å². The van der Waals surface area contributed by atoms with Crippen LogP contribution in [0.4, 0.5) is 0 Å². The Morgan fingerprint density at radius 1 is 1.45 bits per heavy atom. The number of nitriles is 1. The molecule has 0 amide bonds. The molecule has 2 rings (SSSR count). The Kier molecular flexibility index (Phi) is 1.13. The van der Waals surface area contributed by atoms with Crippen molar-refractivity contribution in [3.63, 3.8) is 0 Å². The summed E-state index contributed by atoms with van der Waals surface area (Å²) in [5.41, 5.74) is 1.12. The van der Waals surface area contributed by atoms with Crippen molar-refractivity contribution in [3.8, 4) is 6.07 Å². The lowest BCUT2D eigenvalue weighted by atomic mass is 10.2. The van der Waals surface area contributed by atoms with E-state index in [0.717, 1.165) is 5.71 Å².